The summed E-state index contributed by atoms with van der Waals surface area (Å²) in [4.78, 5) is 35.0. The van der Waals surface area contributed by atoms with Gasteiger partial charge in [0.25, 0.3) is 0 Å². The molecule has 2 N–H and O–H groups in total. The van der Waals surface area contributed by atoms with Crippen LogP contribution in [0, 0.1) is 5.92 Å². The van der Waals surface area contributed by atoms with Crippen LogP contribution in [-0.4, -0.2) is 47.9 Å². The van der Waals surface area contributed by atoms with Crippen molar-refractivity contribution in [2.45, 2.75) is 32.7 Å². The van der Waals surface area contributed by atoms with Gasteiger partial charge in [-0.1, -0.05) is 20.3 Å². The fraction of sp³-hybridized carbons (Fsp3) is 0.727. The highest BCUT2D eigenvalue weighted by atomic mass is 16.4. The predicted octanol–water partition coefficient (Wildman–Crippen LogP) is 0.0802. The van der Waals surface area contributed by atoms with Crippen LogP contribution in [-0.2, 0) is 14.4 Å². The molecule has 6 nitrogen and oxygen atoms in total. The molecule has 0 aromatic carbocycles. The second-order valence-electron chi connectivity index (χ2n) is 4.02. The van der Waals surface area contributed by atoms with Crippen molar-refractivity contribution >= 4 is 17.8 Å². The van der Waals surface area contributed by atoms with Crippen LogP contribution >= 0.6 is 0 Å². The van der Waals surface area contributed by atoms with E-state index >= 15 is 0 Å². The maximum Gasteiger partial charge on any atom is 0.326 e. The lowest BCUT2D eigenvalue weighted by molar-refractivity contribution is -0.152. The molecule has 0 aromatic heterocycles. The molecule has 0 rings (SSSR count). The van der Waals surface area contributed by atoms with Gasteiger partial charge < -0.3 is 15.3 Å². The summed E-state index contributed by atoms with van der Waals surface area (Å²) < 4.78 is 0. The van der Waals surface area contributed by atoms with E-state index in [1.54, 1.807) is 6.92 Å². The molecular formula is C11H20N2O4. The van der Waals surface area contributed by atoms with E-state index in [1.807, 2.05) is 6.92 Å². The van der Waals surface area contributed by atoms with E-state index in [1.165, 1.54) is 14.1 Å². The monoisotopic (exact) mass is 244 g/mol. The number of nitrogens with zero attached hydrogens (tertiary/aromatic N) is 1. The Morgan fingerprint density at radius 3 is 2.24 bits per heavy atom. The number of likely N-dealkylation sites (N-methyl/N-ethyl adjacent to an activating group) is 1. The molecule has 0 aromatic rings. The number of rotatable bonds is 6. The largest absolute Gasteiger partial charge is 0.480 e. The summed E-state index contributed by atoms with van der Waals surface area (Å²) in [6.45, 7) is 3.63. The van der Waals surface area contributed by atoms with Gasteiger partial charge in [-0.25, -0.2) is 4.79 Å². The number of carboxylic acid groups (broad SMARTS) is 1. The van der Waals surface area contributed by atoms with Crippen LogP contribution in [0.25, 0.3) is 0 Å². The van der Waals surface area contributed by atoms with Gasteiger partial charge in [-0.05, 0) is 5.92 Å². The third kappa shape index (κ3) is 4.42. The lowest BCUT2D eigenvalue weighted by Crippen LogP contribution is -2.47. The molecule has 0 aliphatic carbocycles. The van der Waals surface area contributed by atoms with E-state index in [9.17, 15) is 14.4 Å². The van der Waals surface area contributed by atoms with Crippen molar-refractivity contribution in [1.82, 2.24) is 10.2 Å². The van der Waals surface area contributed by atoms with E-state index in [4.69, 9.17) is 5.11 Å². The van der Waals surface area contributed by atoms with Crippen LogP contribution in [0.4, 0.5) is 0 Å². The number of nitrogens with one attached hydrogen (secondary N) is 1. The quantitative estimate of drug-likeness (QED) is 0.648. The maximum atomic E-state index is 11.7. The van der Waals surface area contributed by atoms with Crippen molar-refractivity contribution < 1.29 is 19.5 Å². The molecule has 98 valence electrons. The summed E-state index contributed by atoms with van der Waals surface area (Å²) in [5.41, 5.74) is 0. The van der Waals surface area contributed by atoms with E-state index < -0.39 is 23.8 Å². The fourth-order valence-electron chi connectivity index (χ4n) is 1.52. The zero-order valence-corrected chi connectivity index (χ0v) is 10.7. The Morgan fingerprint density at radius 1 is 1.35 bits per heavy atom. The van der Waals surface area contributed by atoms with Crippen LogP contribution in [0.1, 0.15) is 26.7 Å². The van der Waals surface area contributed by atoms with Gasteiger partial charge in [0.1, 0.15) is 12.5 Å². The smallest absolute Gasteiger partial charge is 0.326 e. The minimum absolute atomic E-state index is 0.161. The first-order valence-corrected chi connectivity index (χ1v) is 5.54. The number of carbonyl (C=O) groups is 3. The lowest BCUT2D eigenvalue weighted by atomic mass is 9.98. The van der Waals surface area contributed by atoms with Gasteiger partial charge >= 0.3 is 5.97 Å². The van der Waals surface area contributed by atoms with Crippen LogP contribution in [0.15, 0.2) is 0 Å². The van der Waals surface area contributed by atoms with Gasteiger partial charge in [0.05, 0.1) is 0 Å². The minimum atomic E-state index is -1.05. The van der Waals surface area contributed by atoms with Crippen LogP contribution in [0.3, 0.4) is 0 Å². The topological polar surface area (TPSA) is 86.7 Å². The molecule has 0 bridgehead atoms. The molecule has 0 saturated heterocycles. The Hall–Kier alpha value is -1.59. The first-order chi connectivity index (χ1) is 7.84. The summed E-state index contributed by atoms with van der Waals surface area (Å²) in [5.74, 6) is -2.12. The van der Waals surface area contributed by atoms with E-state index in [0.29, 0.717) is 6.42 Å². The van der Waals surface area contributed by atoms with Crippen molar-refractivity contribution in [3.05, 3.63) is 0 Å². The second kappa shape index (κ2) is 6.88. The molecule has 0 saturated carbocycles. The zero-order chi connectivity index (χ0) is 13.6. The summed E-state index contributed by atoms with van der Waals surface area (Å²) >= 11 is 0. The first kappa shape index (κ1) is 15.4. The molecule has 17 heavy (non-hydrogen) atoms. The highest BCUT2D eigenvalue weighted by Gasteiger charge is 2.31. The molecule has 0 unspecified atom stereocenters. The normalized spacial score (nSPS) is 13.6. The van der Waals surface area contributed by atoms with Crippen molar-refractivity contribution in [1.29, 1.82) is 0 Å². The Morgan fingerprint density at radius 2 is 1.88 bits per heavy atom. The second-order valence-corrected chi connectivity index (χ2v) is 4.02. The molecular weight excluding hydrogens is 224 g/mol. The molecule has 2 atom stereocenters. The first-order valence-electron chi connectivity index (χ1n) is 5.54. The summed E-state index contributed by atoms with van der Waals surface area (Å²) in [6.07, 6.45) is 0.321. The van der Waals surface area contributed by atoms with E-state index in [0.717, 1.165) is 4.90 Å². The Kier molecular flexibility index (Phi) is 6.23. The van der Waals surface area contributed by atoms with E-state index in [2.05, 4.69) is 5.32 Å². The molecule has 0 heterocycles. The molecule has 0 fully saturated rings. The predicted molar refractivity (Wildman–Crippen MR) is 62.3 cm³/mol. The van der Waals surface area contributed by atoms with Crippen LogP contribution in [0.5, 0.6) is 0 Å². The number of hydrogen-bond donors (Lipinski definition) is 2. The maximum absolute atomic E-state index is 11.7. The van der Waals surface area contributed by atoms with Crippen molar-refractivity contribution in [2.75, 3.05) is 14.1 Å². The van der Waals surface area contributed by atoms with Gasteiger partial charge in [0.2, 0.25) is 11.8 Å². The number of amides is 2. The average molecular weight is 244 g/mol. The van der Waals surface area contributed by atoms with E-state index in [-0.39, 0.29) is 12.3 Å². The SMILES string of the molecule is CC[C@H](C)[C@@H](C(=O)O)N(C)C(=O)CC(=O)NC. The average Bonchev–Trinajstić information content (AvgIpc) is 2.27. The number of hydrogen-bond acceptors (Lipinski definition) is 3. The highest BCUT2D eigenvalue weighted by Crippen LogP contribution is 2.14. The summed E-state index contributed by atoms with van der Waals surface area (Å²) in [6, 6.07) is -0.892. The number of carbonyl (C=O) groups excluding carboxylic acids is 2. The van der Waals surface area contributed by atoms with Crippen molar-refractivity contribution in [3.63, 3.8) is 0 Å². The van der Waals surface area contributed by atoms with Gasteiger partial charge in [-0.3, -0.25) is 9.59 Å². The van der Waals surface area contributed by atoms with Crippen LogP contribution in [0.2, 0.25) is 0 Å². The Labute approximate surface area is 101 Å². The summed E-state index contributed by atoms with van der Waals surface area (Å²) in [7, 11) is 2.84. The number of aliphatic carboxylic acids is 1. The highest BCUT2D eigenvalue weighted by molar-refractivity contribution is 5.98. The molecule has 6 heteroatoms. The van der Waals surface area contributed by atoms with Crippen LogP contribution < -0.4 is 5.32 Å². The molecule has 0 spiro atoms. The van der Waals surface area contributed by atoms with Crippen molar-refractivity contribution in [2.24, 2.45) is 5.92 Å². The van der Waals surface area contributed by atoms with Gasteiger partial charge in [-0.15, -0.1) is 0 Å². The van der Waals surface area contributed by atoms with Crippen molar-refractivity contribution in [3.8, 4) is 0 Å². The molecule has 0 aliphatic heterocycles. The minimum Gasteiger partial charge on any atom is -0.480 e. The third-order valence-electron chi connectivity index (χ3n) is 2.84. The Bertz CT molecular complexity index is 304. The Balaban J connectivity index is 4.72. The third-order valence-corrected chi connectivity index (χ3v) is 2.84. The fourth-order valence-corrected chi connectivity index (χ4v) is 1.52. The lowest BCUT2D eigenvalue weighted by Gasteiger charge is -2.28. The molecule has 2 amide bonds. The zero-order valence-electron chi connectivity index (χ0n) is 10.7. The number of carboxylic acids is 1. The van der Waals surface area contributed by atoms with Gasteiger partial charge in [0, 0.05) is 14.1 Å². The van der Waals surface area contributed by atoms with Gasteiger partial charge in [-0.2, -0.15) is 0 Å². The van der Waals surface area contributed by atoms with Gasteiger partial charge in [0.15, 0.2) is 0 Å². The molecule has 0 radical (unpaired) electrons. The standard InChI is InChI=1S/C11H20N2O4/c1-5-7(2)10(11(16)17)13(4)9(15)6-8(14)12-3/h7,10H,5-6H2,1-4H3,(H,12,14)(H,16,17)/t7-,10-/m0/s1. The summed E-state index contributed by atoms with van der Waals surface area (Å²) in [5, 5.41) is 11.4. The molecule has 0 aliphatic rings.